The molecule has 11 heteroatoms. The van der Waals surface area contributed by atoms with Gasteiger partial charge in [0.05, 0.1) is 49.6 Å². The van der Waals surface area contributed by atoms with Gasteiger partial charge in [-0.05, 0) is 50.2 Å². The number of ether oxygens (including phenoxy) is 1. The van der Waals surface area contributed by atoms with Crippen LogP contribution in [-0.2, 0) is 40.0 Å². The standard InChI is InChI=1S/C24H29FN4O4S2/c1-2-26-23(34)28(15-20-8-5-11-32-20)14-19-13-27-24(29(19)16-21-9-6-12-33-21)35(30,31)17-18-7-3-4-10-22(18)25/h3-5,7-8,10-11,13,21H,2,6,9,12,14-17H2,1H3,(H,26,34). The number of furan rings is 1. The first-order chi connectivity index (χ1) is 16.9. The number of sulfone groups is 1. The van der Waals surface area contributed by atoms with Crippen molar-refractivity contribution in [3.8, 4) is 0 Å². The predicted molar refractivity (Wildman–Crippen MR) is 133 cm³/mol. The molecule has 1 fully saturated rings. The Morgan fingerprint density at radius 3 is 2.80 bits per heavy atom. The van der Waals surface area contributed by atoms with E-state index in [1.54, 1.807) is 29.2 Å². The zero-order chi connectivity index (χ0) is 24.8. The van der Waals surface area contributed by atoms with E-state index in [0.29, 0.717) is 43.6 Å². The molecule has 0 amide bonds. The van der Waals surface area contributed by atoms with Crippen LogP contribution in [0.2, 0.25) is 0 Å². The highest BCUT2D eigenvalue weighted by Gasteiger charge is 2.28. The predicted octanol–water partition coefficient (Wildman–Crippen LogP) is 3.66. The van der Waals surface area contributed by atoms with Gasteiger partial charge in [0.25, 0.3) is 0 Å². The van der Waals surface area contributed by atoms with Crippen LogP contribution in [0.1, 0.15) is 36.8 Å². The smallest absolute Gasteiger partial charge is 0.228 e. The molecule has 0 radical (unpaired) electrons. The largest absolute Gasteiger partial charge is 0.467 e. The van der Waals surface area contributed by atoms with Gasteiger partial charge in [-0.25, -0.2) is 17.8 Å². The molecule has 1 aliphatic rings. The summed E-state index contributed by atoms with van der Waals surface area (Å²) in [5.41, 5.74) is 0.771. The Hall–Kier alpha value is -2.76. The van der Waals surface area contributed by atoms with Crippen molar-refractivity contribution in [2.75, 3.05) is 13.2 Å². The molecular weight excluding hydrogens is 491 g/mol. The van der Waals surface area contributed by atoms with Gasteiger partial charge in [0.15, 0.2) is 5.11 Å². The average Bonchev–Trinajstić information content (AvgIpc) is 3.59. The summed E-state index contributed by atoms with van der Waals surface area (Å²) in [4.78, 5) is 6.19. The number of halogens is 1. The van der Waals surface area contributed by atoms with Crippen LogP contribution in [0.5, 0.6) is 0 Å². The third-order valence-electron chi connectivity index (χ3n) is 5.79. The van der Waals surface area contributed by atoms with E-state index in [2.05, 4.69) is 10.3 Å². The number of thiocarbonyl (C=S) groups is 1. The van der Waals surface area contributed by atoms with E-state index in [-0.39, 0.29) is 16.8 Å². The zero-order valence-corrected chi connectivity index (χ0v) is 21.2. The van der Waals surface area contributed by atoms with Crippen LogP contribution >= 0.6 is 12.2 Å². The lowest BCUT2D eigenvalue weighted by Gasteiger charge is -2.26. The second kappa shape index (κ2) is 11.3. The molecule has 3 heterocycles. The number of rotatable bonds is 10. The van der Waals surface area contributed by atoms with Crippen LogP contribution in [0.4, 0.5) is 4.39 Å². The monoisotopic (exact) mass is 520 g/mol. The van der Waals surface area contributed by atoms with Crippen LogP contribution in [0.25, 0.3) is 0 Å². The molecule has 188 valence electrons. The van der Waals surface area contributed by atoms with Crippen LogP contribution in [0.15, 0.2) is 58.4 Å². The number of hydrogen-bond donors (Lipinski definition) is 1. The minimum atomic E-state index is -3.93. The van der Waals surface area contributed by atoms with Gasteiger partial charge in [-0.2, -0.15) is 0 Å². The summed E-state index contributed by atoms with van der Waals surface area (Å²) in [6.07, 6.45) is 4.77. The third-order valence-corrected chi connectivity index (χ3v) is 7.76. The molecule has 4 rings (SSSR count). The summed E-state index contributed by atoms with van der Waals surface area (Å²) in [5, 5.41) is 3.57. The Kier molecular flexibility index (Phi) is 8.19. The van der Waals surface area contributed by atoms with Crippen molar-refractivity contribution in [1.82, 2.24) is 19.8 Å². The van der Waals surface area contributed by atoms with Gasteiger partial charge in [0.2, 0.25) is 15.0 Å². The fraction of sp³-hybridized carbons (Fsp3) is 0.417. The first-order valence-electron chi connectivity index (χ1n) is 11.5. The number of nitrogens with one attached hydrogen (secondary N) is 1. The maximum Gasteiger partial charge on any atom is 0.228 e. The summed E-state index contributed by atoms with van der Waals surface area (Å²) in [6.45, 7) is 4.28. The van der Waals surface area contributed by atoms with E-state index < -0.39 is 21.4 Å². The normalized spacial score (nSPS) is 15.9. The Bertz CT molecular complexity index is 1240. The van der Waals surface area contributed by atoms with Gasteiger partial charge in [0, 0.05) is 18.7 Å². The molecule has 1 unspecified atom stereocenters. The summed E-state index contributed by atoms with van der Waals surface area (Å²) < 4.78 is 54.0. The van der Waals surface area contributed by atoms with Crippen LogP contribution in [0.3, 0.4) is 0 Å². The fourth-order valence-electron chi connectivity index (χ4n) is 4.09. The van der Waals surface area contributed by atoms with E-state index in [0.717, 1.165) is 18.6 Å². The average molecular weight is 521 g/mol. The first-order valence-corrected chi connectivity index (χ1v) is 13.6. The highest BCUT2D eigenvalue weighted by atomic mass is 32.2. The van der Waals surface area contributed by atoms with Crippen molar-refractivity contribution in [2.45, 2.75) is 56.4 Å². The topological polar surface area (TPSA) is 89.6 Å². The number of aromatic nitrogens is 2. The molecule has 1 saturated heterocycles. The highest BCUT2D eigenvalue weighted by molar-refractivity contribution is 7.90. The molecule has 0 aliphatic carbocycles. The minimum Gasteiger partial charge on any atom is -0.467 e. The summed E-state index contributed by atoms with van der Waals surface area (Å²) in [5.74, 6) is -0.315. The Labute approximate surface area is 210 Å². The van der Waals surface area contributed by atoms with Crippen molar-refractivity contribution in [3.63, 3.8) is 0 Å². The SMILES string of the molecule is CCNC(=S)N(Cc1ccco1)Cc1cnc(S(=O)(=O)Cc2ccccc2F)n1CC1CCCO1. The van der Waals surface area contributed by atoms with Crippen LogP contribution in [-0.4, -0.2) is 47.2 Å². The highest BCUT2D eigenvalue weighted by Crippen LogP contribution is 2.24. The Morgan fingerprint density at radius 2 is 2.11 bits per heavy atom. The Balaban J connectivity index is 1.66. The zero-order valence-electron chi connectivity index (χ0n) is 19.5. The van der Waals surface area contributed by atoms with Crippen LogP contribution in [0, 0.1) is 5.82 Å². The maximum atomic E-state index is 14.2. The van der Waals surface area contributed by atoms with Gasteiger partial charge >= 0.3 is 0 Å². The summed E-state index contributed by atoms with van der Waals surface area (Å²) in [6, 6.07) is 9.54. The third kappa shape index (κ3) is 6.28. The summed E-state index contributed by atoms with van der Waals surface area (Å²) >= 11 is 5.57. The van der Waals surface area contributed by atoms with Gasteiger partial charge in [-0.3, -0.25) is 0 Å². The van der Waals surface area contributed by atoms with E-state index in [1.807, 2.05) is 17.9 Å². The molecule has 1 aromatic carbocycles. The van der Waals surface area contributed by atoms with E-state index in [1.165, 1.54) is 18.2 Å². The molecule has 1 N–H and O–H groups in total. The molecule has 0 spiro atoms. The molecule has 1 aliphatic heterocycles. The Morgan fingerprint density at radius 1 is 1.29 bits per heavy atom. The maximum absolute atomic E-state index is 14.2. The molecule has 0 bridgehead atoms. The van der Waals surface area contributed by atoms with Crippen molar-refractivity contribution in [3.05, 3.63) is 71.7 Å². The van der Waals surface area contributed by atoms with E-state index in [4.69, 9.17) is 21.4 Å². The van der Waals surface area contributed by atoms with Gasteiger partial charge < -0.3 is 23.9 Å². The summed E-state index contributed by atoms with van der Waals surface area (Å²) in [7, 11) is -3.93. The van der Waals surface area contributed by atoms with E-state index >= 15 is 0 Å². The second-order valence-electron chi connectivity index (χ2n) is 8.40. The molecular formula is C24H29FN4O4S2. The molecule has 0 saturated carbocycles. The minimum absolute atomic E-state index is 0.0985. The second-order valence-corrected chi connectivity index (χ2v) is 10.7. The number of imidazole rings is 1. The molecule has 3 aromatic rings. The van der Waals surface area contributed by atoms with Crippen molar-refractivity contribution >= 4 is 27.2 Å². The van der Waals surface area contributed by atoms with Crippen LogP contribution < -0.4 is 5.32 Å². The number of nitrogens with zero attached hydrogens (tertiary/aromatic N) is 3. The fourth-order valence-corrected chi connectivity index (χ4v) is 5.87. The number of benzene rings is 1. The van der Waals surface area contributed by atoms with Crippen molar-refractivity contribution in [2.24, 2.45) is 0 Å². The molecule has 35 heavy (non-hydrogen) atoms. The lowest BCUT2D eigenvalue weighted by molar-refractivity contribution is 0.0936. The molecule has 8 nitrogen and oxygen atoms in total. The lowest BCUT2D eigenvalue weighted by atomic mass is 10.2. The van der Waals surface area contributed by atoms with E-state index in [9.17, 15) is 12.8 Å². The lowest BCUT2D eigenvalue weighted by Crippen LogP contribution is -2.39. The molecule has 2 aromatic heterocycles. The van der Waals surface area contributed by atoms with Crippen molar-refractivity contribution in [1.29, 1.82) is 0 Å². The first kappa shape index (κ1) is 25.3. The van der Waals surface area contributed by atoms with Gasteiger partial charge in [0.1, 0.15) is 11.6 Å². The van der Waals surface area contributed by atoms with Crippen molar-refractivity contribution < 1.29 is 22.0 Å². The van der Waals surface area contributed by atoms with Gasteiger partial charge in [-0.15, -0.1) is 0 Å². The molecule has 1 atom stereocenters. The number of hydrogen-bond acceptors (Lipinski definition) is 6. The quantitative estimate of drug-likeness (QED) is 0.405. The van der Waals surface area contributed by atoms with Gasteiger partial charge in [-0.1, -0.05) is 18.2 Å².